The maximum atomic E-state index is 12.5. The molecule has 0 radical (unpaired) electrons. The Morgan fingerprint density at radius 1 is 1.21 bits per heavy atom. The number of hydrogen-bond acceptors (Lipinski definition) is 6. The molecule has 0 unspecified atom stereocenters. The zero-order valence-electron chi connectivity index (χ0n) is 16.0. The highest BCUT2D eigenvalue weighted by Gasteiger charge is 2.17. The van der Waals surface area contributed by atoms with Gasteiger partial charge in [-0.1, -0.05) is 12.1 Å². The monoisotopic (exact) mass is 389 g/mol. The fourth-order valence-corrected chi connectivity index (χ4v) is 3.21. The fourth-order valence-electron chi connectivity index (χ4n) is 3.21. The van der Waals surface area contributed by atoms with E-state index in [1.54, 1.807) is 42.9 Å². The Labute approximate surface area is 166 Å². The topological polar surface area (TPSA) is 103 Å². The van der Waals surface area contributed by atoms with Crippen LogP contribution in [0.3, 0.4) is 0 Å². The Hall–Kier alpha value is -3.81. The van der Waals surface area contributed by atoms with Gasteiger partial charge in [0.15, 0.2) is 11.4 Å². The van der Waals surface area contributed by atoms with E-state index in [-0.39, 0.29) is 18.5 Å². The SMILES string of the molecule is Cc1nc(-c2ccncc2)ncc1[C@@H](C)NC(=O)Cn1c(=O)oc2ccccc21. The van der Waals surface area contributed by atoms with E-state index in [9.17, 15) is 9.59 Å². The van der Waals surface area contributed by atoms with Gasteiger partial charge in [-0.25, -0.2) is 14.8 Å². The summed E-state index contributed by atoms with van der Waals surface area (Å²) in [6.07, 6.45) is 5.08. The third-order valence-corrected chi connectivity index (χ3v) is 4.68. The number of rotatable bonds is 5. The number of hydrogen-bond donors (Lipinski definition) is 1. The molecule has 1 atom stereocenters. The molecule has 3 aromatic heterocycles. The van der Waals surface area contributed by atoms with Crippen LogP contribution in [0.2, 0.25) is 0 Å². The smallest absolute Gasteiger partial charge is 0.408 e. The molecule has 0 aliphatic rings. The van der Waals surface area contributed by atoms with Crippen molar-refractivity contribution >= 4 is 17.0 Å². The number of para-hydroxylation sites is 2. The number of carbonyl (C=O) groups excluding carboxylic acids is 1. The van der Waals surface area contributed by atoms with E-state index >= 15 is 0 Å². The minimum Gasteiger partial charge on any atom is -0.408 e. The minimum absolute atomic E-state index is 0.130. The Morgan fingerprint density at radius 2 is 1.97 bits per heavy atom. The quantitative estimate of drug-likeness (QED) is 0.563. The predicted octanol–water partition coefficient (Wildman–Crippen LogP) is 2.63. The summed E-state index contributed by atoms with van der Waals surface area (Å²) in [6, 6.07) is 10.4. The molecule has 0 saturated carbocycles. The standard InChI is InChI=1S/C21H19N5O3/c1-13(16-11-23-20(25-14(16)2)15-7-9-22-10-8-15)24-19(27)12-26-17-5-3-4-6-18(17)29-21(26)28/h3-11,13H,12H2,1-2H3,(H,24,27)/t13-/m1/s1. The maximum Gasteiger partial charge on any atom is 0.420 e. The highest BCUT2D eigenvalue weighted by Crippen LogP contribution is 2.19. The first-order chi connectivity index (χ1) is 14.0. The minimum atomic E-state index is -0.560. The molecule has 146 valence electrons. The van der Waals surface area contributed by atoms with Crippen molar-refractivity contribution in [1.82, 2.24) is 24.8 Å². The van der Waals surface area contributed by atoms with Crippen molar-refractivity contribution in [3.63, 3.8) is 0 Å². The van der Waals surface area contributed by atoms with Crippen LogP contribution in [0.1, 0.15) is 24.2 Å². The molecule has 0 saturated heterocycles. The number of oxazole rings is 1. The molecule has 3 heterocycles. The second-order valence-corrected chi connectivity index (χ2v) is 6.68. The van der Waals surface area contributed by atoms with Gasteiger partial charge in [-0.3, -0.25) is 14.3 Å². The van der Waals surface area contributed by atoms with Crippen molar-refractivity contribution in [1.29, 1.82) is 0 Å². The van der Waals surface area contributed by atoms with E-state index in [2.05, 4.69) is 20.3 Å². The third-order valence-electron chi connectivity index (χ3n) is 4.68. The van der Waals surface area contributed by atoms with Gasteiger partial charge in [0.25, 0.3) is 0 Å². The zero-order chi connectivity index (χ0) is 20.4. The van der Waals surface area contributed by atoms with Gasteiger partial charge >= 0.3 is 5.76 Å². The molecule has 4 rings (SSSR count). The number of carbonyl (C=O) groups is 1. The number of fused-ring (bicyclic) bond motifs is 1. The lowest BCUT2D eigenvalue weighted by Crippen LogP contribution is -2.33. The summed E-state index contributed by atoms with van der Waals surface area (Å²) in [4.78, 5) is 37.5. The summed E-state index contributed by atoms with van der Waals surface area (Å²) in [7, 11) is 0. The normalized spacial score (nSPS) is 12.1. The number of aromatic nitrogens is 4. The molecule has 8 nitrogen and oxygen atoms in total. The van der Waals surface area contributed by atoms with Crippen molar-refractivity contribution in [2.45, 2.75) is 26.4 Å². The molecule has 1 amide bonds. The summed E-state index contributed by atoms with van der Waals surface area (Å²) in [5, 5.41) is 2.90. The maximum absolute atomic E-state index is 12.5. The second kappa shape index (κ2) is 7.67. The summed E-state index contributed by atoms with van der Waals surface area (Å²) in [5.74, 6) is -0.262. The number of benzene rings is 1. The average Bonchev–Trinajstić information content (AvgIpc) is 3.03. The molecule has 1 aromatic carbocycles. The first-order valence-corrected chi connectivity index (χ1v) is 9.14. The van der Waals surface area contributed by atoms with E-state index in [4.69, 9.17) is 4.42 Å². The van der Waals surface area contributed by atoms with Gasteiger partial charge in [0.1, 0.15) is 6.54 Å². The second-order valence-electron chi connectivity index (χ2n) is 6.68. The van der Waals surface area contributed by atoms with Crippen LogP contribution in [-0.4, -0.2) is 25.4 Å². The molecule has 0 spiro atoms. The van der Waals surface area contributed by atoms with E-state index in [0.29, 0.717) is 16.9 Å². The number of amides is 1. The summed E-state index contributed by atoms with van der Waals surface area (Å²) < 4.78 is 6.48. The van der Waals surface area contributed by atoms with Crippen LogP contribution < -0.4 is 11.1 Å². The van der Waals surface area contributed by atoms with Gasteiger partial charge < -0.3 is 9.73 Å². The van der Waals surface area contributed by atoms with E-state index in [1.807, 2.05) is 26.0 Å². The lowest BCUT2D eigenvalue weighted by atomic mass is 10.1. The number of nitrogens with one attached hydrogen (secondary N) is 1. The predicted molar refractivity (Wildman–Crippen MR) is 107 cm³/mol. The summed E-state index contributed by atoms with van der Waals surface area (Å²) in [5.41, 5.74) is 3.49. The Morgan fingerprint density at radius 3 is 2.72 bits per heavy atom. The van der Waals surface area contributed by atoms with Crippen LogP contribution in [0.5, 0.6) is 0 Å². The van der Waals surface area contributed by atoms with Crippen molar-refractivity contribution in [2.75, 3.05) is 0 Å². The highest BCUT2D eigenvalue weighted by molar-refractivity contribution is 5.79. The van der Waals surface area contributed by atoms with Gasteiger partial charge in [0.05, 0.1) is 11.6 Å². The lowest BCUT2D eigenvalue weighted by Gasteiger charge is -2.16. The van der Waals surface area contributed by atoms with Gasteiger partial charge in [0, 0.05) is 35.4 Å². The Kier molecular flexibility index (Phi) is 4.90. The molecule has 0 bridgehead atoms. The van der Waals surface area contributed by atoms with Crippen molar-refractivity contribution in [3.05, 3.63) is 76.8 Å². The van der Waals surface area contributed by atoms with Crippen LogP contribution in [0, 0.1) is 6.92 Å². The van der Waals surface area contributed by atoms with E-state index in [1.165, 1.54) is 4.57 Å². The molecular weight excluding hydrogens is 370 g/mol. The van der Waals surface area contributed by atoms with E-state index < -0.39 is 5.76 Å². The molecule has 0 aliphatic heterocycles. The first-order valence-electron chi connectivity index (χ1n) is 9.14. The highest BCUT2D eigenvalue weighted by atomic mass is 16.4. The average molecular weight is 389 g/mol. The summed E-state index contributed by atoms with van der Waals surface area (Å²) in [6.45, 7) is 3.60. The molecule has 0 fully saturated rings. The van der Waals surface area contributed by atoms with Crippen LogP contribution in [0.4, 0.5) is 0 Å². The Bertz CT molecular complexity index is 1230. The number of aryl methyl sites for hydroxylation is 1. The summed E-state index contributed by atoms with van der Waals surface area (Å²) >= 11 is 0. The molecule has 1 N–H and O–H groups in total. The first kappa shape index (κ1) is 18.5. The van der Waals surface area contributed by atoms with Gasteiger partial charge in [-0.15, -0.1) is 0 Å². The molecule has 0 aliphatic carbocycles. The van der Waals surface area contributed by atoms with Gasteiger partial charge in [-0.05, 0) is 38.1 Å². The van der Waals surface area contributed by atoms with Gasteiger partial charge in [-0.2, -0.15) is 0 Å². The van der Waals surface area contributed by atoms with Crippen molar-refractivity contribution in [2.24, 2.45) is 0 Å². The zero-order valence-corrected chi connectivity index (χ0v) is 16.0. The lowest BCUT2D eigenvalue weighted by molar-refractivity contribution is -0.122. The van der Waals surface area contributed by atoms with Crippen LogP contribution in [-0.2, 0) is 11.3 Å². The number of nitrogens with zero attached hydrogens (tertiary/aromatic N) is 4. The van der Waals surface area contributed by atoms with Crippen LogP contribution in [0.15, 0.2) is 64.2 Å². The molecule has 4 aromatic rings. The van der Waals surface area contributed by atoms with Crippen molar-refractivity contribution < 1.29 is 9.21 Å². The largest absolute Gasteiger partial charge is 0.420 e. The van der Waals surface area contributed by atoms with E-state index in [0.717, 1.165) is 16.8 Å². The third kappa shape index (κ3) is 3.77. The van der Waals surface area contributed by atoms with Crippen molar-refractivity contribution in [3.8, 4) is 11.4 Å². The molecular formula is C21H19N5O3. The molecule has 29 heavy (non-hydrogen) atoms. The van der Waals surface area contributed by atoms with Gasteiger partial charge in [0.2, 0.25) is 5.91 Å². The van der Waals surface area contributed by atoms with Crippen LogP contribution in [0.25, 0.3) is 22.5 Å². The fraction of sp³-hybridized carbons (Fsp3) is 0.190. The number of pyridine rings is 1. The Balaban J connectivity index is 1.50. The van der Waals surface area contributed by atoms with Crippen LogP contribution >= 0.6 is 0 Å². The molecule has 8 heteroatoms.